The van der Waals surface area contributed by atoms with Crippen molar-refractivity contribution in [2.45, 2.75) is 20.0 Å². The SMILES string of the molecule is Cc1nc(-c2ccc(O)c(O)c2)ncc1C(C)O. The van der Waals surface area contributed by atoms with Crippen LogP contribution in [0.2, 0.25) is 0 Å². The molecule has 0 bridgehead atoms. The van der Waals surface area contributed by atoms with Crippen LogP contribution in [-0.2, 0) is 0 Å². The Morgan fingerprint density at radius 3 is 2.44 bits per heavy atom. The maximum atomic E-state index is 9.49. The number of benzene rings is 1. The number of hydrogen-bond donors (Lipinski definition) is 3. The van der Waals surface area contributed by atoms with Gasteiger partial charge in [-0.15, -0.1) is 0 Å². The van der Waals surface area contributed by atoms with Crippen LogP contribution < -0.4 is 0 Å². The van der Waals surface area contributed by atoms with Gasteiger partial charge in [-0.3, -0.25) is 0 Å². The summed E-state index contributed by atoms with van der Waals surface area (Å²) < 4.78 is 0. The van der Waals surface area contributed by atoms with Crippen LogP contribution in [0.1, 0.15) is 24.3 Å². The minimum absolute atomic E-state index is 0.184. The van der Waals surface area contributed by atoms with Crippen molar-refractivity contribution in [2.24, 2.45) is 0 Å². The van der Waals surface area contributed by atoms with E-state index in [9.17, 15) is 15.3 Å². The summed E-state index contributed by atoms with van der Waals surface area (Å²) in [5.74, 6) is 0.0385. The van der Waals surface area contributed by atoms with Crippen LogP contribution in [0.25, 0.3) is 11.4 Å². The van der Waals surface area contributed by atoms with E-state index in [4.69, 9.17) is 0 Å². The Kier molecular flexibility index (Phi) is 3.16. The van der Waals surface area contributed by atoms with E-state index in [1.807, 2.05) is 0 Å². The van der Waals surface area contributed by atoms with Crippen molar-refractivity contribution < 1.29 is 15.3 Å². The van der Waals surface area contributed by atoms with Gasteiger partial charge in [-0.2, -0.15) is 0 Å². The molecular formula is C13H14N2O3. The van der Waals surface area contributed by atoms with Crippen LogP contribution in [0.15, 0.2) is 24.4 Å². The molecule has 0 radical (unpaired) electrons. The van der Waals surface area contributed by atoms with Gasteiger partial charge in [0.2, 0.25) is 0 Å². The number of aliphatic hydroxyl groups excluding tert-OH is 1. The normalized spacial score (nSPS) is 12.4. The minimum atomic E-state index is -0.618. The minimum Gasteiger partial charge on any atom is -0.504 e. The fourth-order valence-corrected chi connectivity index (χ4v) is 1.69. The number of aromatic nitrogens is 2. The van der Waals surface area contributed by atoms with Crippen molar-refractivity contribution in [3.63, 3.8) is 0 Å². The molecule has 0 aliphatic carbocycles. The molecule has 0 aliphatic heterocycles. The smallest absolute Gasteiger partial charge is 0.159 e. The Morgan fingerprint density at radius 2 is 1.89 bits per heavy atom. The lowest BCUT2D eigenvalue weighted by atomic mass is 10.1. The molecule has 18 heavy (non-hydrogen) atoms. The van der Waals surface area contributed by atoms with Gasteiger partial charge in [0.25, 0.3) is 0 Å². The molecule has 5 heteroatoms. The Hall–Kier alpha value is -2.14. The number of aliphatic hydroxyl groups is 1. The molecule has 0 spiro atoms. The van der Waals surface area contributed by atoms with E-state index in [2.05, 4.69) is 9.97 Å². The van der Waals surface area contributed by atoms with E-state index in [-0.39, 0.29) is 11.5 Å². The zero-order chi connectivity index (χ0) is 13.3. The Balaban J connectivity index is 2.45. The summed E-state index contributed by atoms with van der Waals surface area (Å²) in [7, 11) is 0. The van der Waals surface area contributed by atoms with Crippen LogP contribution >= 0.6 is 0 Å². The van der Waals surface area contributed by atoms with Gasteiger partial charge < -0.3 is 15.3 Å². The third kappa shape index (κ3) is 2.26. The molecule has 0 amide bonds. The van der Waals surface area contributed by atoms with E-state index in [0.29, 0.717) is 22.6 Å². The molecular weight excluding hydrogens is 232 g/mol. The summed E-state index contributed by atoms with van der Waals surface area (Å²) in [6.45, 7) is 3.44. The second kappa shape index (κ2) is 4.62. The first-order chi connectivity index (χ1) is 8.49. The molecule has 0 fully saturated rings. The Morgan fingerprint density at radius 1 is 1.17 bits per heavy atom. The summed E-state index contributed by atoms with van der Waals surface area (Å²) >= 11 is 0. The molecule has 5 nitrogen and oxygen atoms in total. The van der Waals surface area contributed by atoms with Gasteiger partial charge in [0, 0.05) is 23.0 Å². The van der Waals surface area contributed by atoms with E-state index < -0.39 is 6.10 Å². The number of phenols is 2. The maximum Gasteiger partial charge on any atom is 0.159 e. The van der Waals surface area contributed by atoms with Gasteiger partial charge in [0.1, 0.15) is 0 Å². The zero-order valence-corrected chi connectivity index (χ0v) is 10.1. The van der Waals surface area contributed by atoms with Crippen LogP contribution in [0, 0.1) is 6.92 Å². The molecule has 2 rings (SSSR count). The van der Waals surface area contributed by atoms with Crippen molar-refractivity contribution in [3.8, 4) is 22.9 Å². The predicted molar refractivity (Wildman–Crippen MR) is 66.2 cm³/mol. The molecule has 0 aliphatic rings. The lowest BCUT2D eigenvalue weighted by Gasteiger charge is -2.09. The van der Waals surface area contributed by atoms with Crippen molar-refractivity contribution in [1.82, 2.24) is 9.97 Å². The summed E-state index contributed by atoms with van der Waals surface area (Å²) in [5, 5.41) is 28.2. The van der Waals surface area contributed by atoms with Crippen LogP contribution in [0.4, 0.5) is 0 Å². The summed E-state index contributed by atoms with van der Waals surface area (Å²) in [6.07, 6.45) is 0.943. The largest absolute Gasteiger partial charge is 0.504 e. The summed E-state index contributed by atoms with van der Waals surface area (Å²) in [6, 6.07) is 4.39. The standard InChI is InChI=1S/C13H14N2O3/c1-7-10(8(2)16)6-14-13(15-7)9-3-4-11(17)12(18)5-9/h3-6,8,16-18H,1-2H3. The quantitative estimate of drug-likeness (QED) is 0.705. The topological polar surface area (TPSA) is 86.5 Å². The summed E-state index contributed by atoms with van der Waals surface area (Å²) in [4.78, 5) is 8.41. The molecule has 1 unspecified atom stereocenters. The first-order valence-corrected chi connectivity index (χ1v) is 5.53. The number of phenolic OH excluding ortho intramolecular Hbond substituents is 2. The molecule has 0 saturated heterocycles. The van der Waals surface area contributed by atoms with Crippen molar-refractivity contribution in [3.05, 3.63) is 35.7 Å². The highest BCUT2D eigenvalue weighted by molar-refractivity contribution is 5.60. The molecule has 1 aromatic carbocycles. The van der Waals surface area contributed by atoms with Crippen LogP contribution in [0.5, 0.6) is 11.5 Å². The lowest BCUT2D eigenvalue weighted by molar-refractivity contribution is 0.197. The van der Waals surface area contributed by atoms with Crippen LogP contribution in [-0.4, -0.2) is 25.3 Å². The van der Waals surface area contributed by atoms with Gasteiger partial charge >= 0.3 is 0 Å². The molecule has 1 atom stereocenters. The van der Waals surface area contributed by atoms with E-state index in [1.165, 1.54) is 12.1 Å². The Labute approximate surface area is 104 Å². The van der Waals surface area contributed by atoms with E-state index >= 15 is 0 Å². The highest BCUT2D eigenvalue weighted by Crippen LogP contribution is 2.29. The van der Waals surface area contributed by atoms with Crippen molar-refractivity contribution in [1.29, 1.82) is 0 Å². The predicted octanol–water partition coefficient (Wildman–Crippen LogP) is 1.92. The number of hydrogen-bond acceptors (Lipinski definition) is 5. The molecule has 1 aromatic heterocycles. The third-order valence-electron chi connectivity index (χ3n) is 2.70. The zero-order valence-electron chi connectivity index (χ0n) is 10.1. The van der Waals surface area contributed by atoms with Crippen molar-refractivity contribution >= 4 is 0 Å². The second-order valence-electron chi connectivity index (χ2n) is 4.11. The number of aryl methyl sites for hydroxylation is 1. The molecule has 0 saturated carbocycles. The third-order valence-corrected chi connectivity index (χ3v) is 2.70. The van der Waals surface area contributed by atoms with E-state index in [1.54, 1.807) is 26.1 Å². The fourth-order valence-electron chi connectivity index (χ4n) is 1.69. The molecule has 2 aromatic rings. The number of rotatable bonds is 2. The van der Waals surface area contributed by atoms with Crippen molar-refractivity contribution in [2.75, 3.05) is 0 Å². The van der Waals surface area contributed by atoms with Gasteiger partial charge in [0.15, 0.2) is 17.3 Å². The first kappa shape index (κ1) is 12.3. The van der Waals surface area contributed by atoms with Gasteiger partial charge in [0.05, 0.1) is 6.10 Å². The fraction of sp³-hybridized carbons (Fsp3) is 0.231. The highest BCUT2D eigenvalue weighted by Gasteiger charge is 2.10. The average molecular weight is 246 g/mol. The van der Waals surface area contributed by atoms with E-state index in [0.717, 1.165) is 0 Å². The average Bonchev–Trinajstić information content (AvgIpc) is 2.32. The number of nitrogens with zero attached hydrogens (tertiary/aromatic N) is 2. The van der Waals surface area contributed by atoms with Gasteiger partial charge in [-0.25, -0.2) is 9.97 Å². The maximum absolute atomic E-state index is 9.49. The molecule has 1 heterocycles. The number of aromatic hydroxyl groups is 2. The summed E-state index contributed by atoms with van der Waals surface area (Å²) in [5.41, 5.74) is 1.95. The highest BCUT2D eigenvalue weighted by atomic mass is 16.3. The van der Waals surface area contributed by atoms with Crippen LogP contribution in [0.3, 0.4) is 0 Å². The molecule has 94 valence electrons. The first-order valence-electron chi connectivity index (χ1n) is 5.53. The Bertz CT molecular complexity index is 582. The second-order valence-corrected chi connectivity index (χ2v) is 4.11. The van der Waals surface area contributed by atoms with Gasteiger partial charge in [-0.05, 0) is 32.0 Å². The van der Waals surface area contributed by atoms with Gasteiger partial charge in [-0.1, -0.05) is 0 Å². The lowest BCUT2D eigenvalue weighted by Crippen LogP contribution is -2.01. The monoisotopic (exact) mass is 246 g/mol. The molecule has 3 N–H and O–H groups in total.